The SMILES string of the molecule is Cc1ccc(C)c([C@H](c2ccccc2)N2CCN(C(=O)NC3CCCCC3)CC2)c1. The number of benzene rings is 2. The molecule has 0 radical (unpaired) electrons. The lowest BCUT2D eigenvalue weighted by Crippen LogP contribution is -2.54. The van der Waals surface area contributed by atoms with Gasteiger partial charge in [0.2, 0.25) is 0 Å². The lowest BCUT2D eigenvalue weighted by atomic mass is 9.92. The number of carbonyl (C=O) groups excluding carboxylic acids is 1. The maximum Gasteiger partial charge on any atom is 0.317 e. The van der Waals surface area contributed by atoms with Gasteiger partial charge in [0.15, 0.2) is 0 Å². The molecule has 1 aliphatic heterocycles. The number of aryl methyl sites for hydroxylation is 2. The molecule has 2 amide bonds. The van der Waals surface area contributed by atoms with Crippen LogP contribution in [0.1, 0.15) is 60.4 Å². The monoisotopic (exact) mass is 405 g/mol. The summed E-state index contributed by atoms with van der Waals surface area (Å²) >= 11 is 0. The van der Waals surface area contributed by atoms with Crippen LogP contribution in [-0.4, -0.2) is 48.1 Å². The van der Waals surface area contributed by atoms with Gasteiger partial charge in [0, 0.05) is 32.2 Å². The zero-order chi connectivity index (χ0) is 20.9. The van der Waals surface area contributed by atoms with Crippen molar-refractivity contribution in [1.29, 1.82) is 0 Å². The van der Waals surface area contributed by atoms with Crippen molar-refractivity contribution in [3.63, 3.8) is 0 Å². The summed E-state index contributed by atoms with van der Waals surface area (Å²) in [5.41, 5.74) is 5.32. The molecular formula is C26H35N3O. The summed E-state index contributed by atoms with van der Waals surface area (Å²) < 4.78 is 0. The fraction of sp³-hybridized carbons (Fsp3) is 0.500. The topological polar surface area (TPSA) is 35.6 Å². The van der Waals surface area contributed by atoms with Crippen molar-refractivity contribution in [3.05, 3.63) is 70.8 Å². The van der Waals surface area contributed by atoms with Crippen LogP contribution in [0.5, 0.6) is 0 Å². The molecule has 1 N–H and O–H groups in total. The number of carbonyl (C=O) groups is 1. The molecule has 1 atom stereocenters. The van der Waals surface area contributed by atoms with Gasteiger partial charge in [0.05, 0.1) is 6.04 Å². The van der Waals surface area contributed by atoms with Gasteiger partial charge in [-0.1, -0.05) is 73.4 Å². The molecule has 4 nitrogen and oxygen atoms in total. The Morgan fingerprint density at radius 3 is 2.33 bits per heavy atom. The van der Waals surface area contributed by atoms with E-state index in [1.165, 1.54) is 41.5 Å². The number of hydrogen-bond acceptors (Lipinski definition) is 2. The normalized spacial score (nSPS) is 19.5. The van der Waals surface area contributed by atoms with Crippen LogP contribution in [0.25, 0.3) is 0 Å². The zero-order valence-electron chi connectivity index (χ0n) is 18.4. The number of amides is 2. The molecule has 2 fully saturated rings. The van der Waals surface area contributed by atoms with Crippen LogP contribution in [0, 0.1) is 13.8 Å². The summed E-state index contributed by atoms with van der Waals surface area (Å²) in [6.45, 7) is 7.73. The van der Waals surface area contributed by atoms with Crippen LogP contribution < -0.4 is 5.32 Å². The van der Waals surface area contributed by atoms with Gasteiger partial charge in [0.25, 0.3) is 0 Å². The minimum atomic E-state index is 0.129. The third kappa shape index (κ3) is 4.86. The summed E-state index contributed by atoms with van der Waals surface area (Å²) in [6.07, 6.45) is 6.06. The van der Waals surface area contributed by atoms with Crippen molar-refractivity contribution in [2.75, 3.05) is 26.2 Å². The molecule has 30 heavy (non-hydrogen) atoms. The number of urea groups is 1. The van der Waals surface area contributed by atoms with Gasteiger partial charge in [-0.25, -0.2) is 4.79 Å². The number of nitrogens with one attached hydrogen (secondary N) is 1. The molecule has 1 saturated carbocycles. The standard InChI is InChI=1S/C26H35N3O/c1-20-13-14-21(2)24(19-20)25(22-9-5-3-6-10-22)28-15-17-29(18-16-28)26(30)27-23-11-7-4-8-12-23/h3,5-6,9-10,13-14,19,23,25H,4,7-8,11-12,15-18H2,1-2H3,(H,27,30)/t25-/m0/s1. The Bertz CT molecular complexity index is 837. The van der Waals surface area contributed by atoms with Crippen LogP contribution in [0.2, 0.25) is 0 Å². The quantitative estimate of drug-likeness (QED) is 0.772. The smallest absolute Gasteiger partial charge is 0.317 e. The predicted octanol–water partition coefficient (Wildman–Crippen LogP) is 5.05. The molecule has 4 rings (SSSR count). The molecule has 2 aromatic carbocycles. The number of piperazine rings is 1. The van der Waals surface area contributed by atoms with Crippen molar-refractivity contribution in [2.24, 2.45) is 0 Å². The average Bonchev–Trinajstić information content (AvgIpc) is 2.78. The van der Waals surface area contributed by atoms with Gasteiger partial charge in [-0.05, 0) is 43.4 Å². The van der Waals surface area contributed by atoms with Crippen molar-refractivity contribution in [2.45, 2.75) is 58.0 Å². The van der Waals surface area contributed by atoms with Crippen LogP contribution in [0.15, 0.2) is 48.5 Å². The summed E-state index contributed by atoms with van der Waals surface area (Å²) in [4.78, 5) is 17.3. The van der Waals surface area contributed by atoms with Crippen molar-refractivity contribution in [1.82, 2.24) is 15.1 Å². The van der Waals surface area contributed by atoms with Crippen LogP contribution in [-0.2, 0) is 0 Å². The minimum Gasteiger partial charge on any atom is -0.335 e. The molecule has 160 valence electrons. The predicted molar refractivity (Wildman–Crippen MR) is 123 cm³/mol. The Kier molecular flexibility index (Phi) is 6.73. The summed E-state index contributed by atoms with van der Waals surface area (Å²) in [6, 6.07) is 18.3. The number of hydrogen-bond donors (Lipinski definition) is 1. The first kappa shape index (κ1) is 20.9. The molecule has 0 bridgehead atoms. The van der Waals surface area contributed by atoms with E-state index in [2.05, 4.69) is 72.6 Å². The second-order valence-corrected chi connectivity index (χ2v) is 8.98. The molecule has 2 aromatic rings. The highest BCUT2D eigenvalue weighted by molar-refractivity contribution is 5.74. The Hall–Kier alpha value is -2.33. The fourth-order valence-electron chi connectivity index (χ4n) is 4.97. The Labute approximate surface area is 181 Å². The van der Waals surface area contributed by atoms with E-state index in [0.717, 1.165) is 39.0 Å². The highest BCUT2D eigenvalue weighted by Crippen LogP contribution is 2.32. The van der Waals surface area contributed by atoms with Gasteiger partial charge in [-0.15, -0.1) is 0 Å². The molecule has 4 heteroatoms. The van der Waals surface area contributed by atoms with E-state index in [4.69, 9.17) is 0 Å². The third-order valence-corrected chi connectivity index (χ3v) is 6.74. The van der Waals surface area contributed by atoms with Gasteiger partial charge < -0.3 is 10.2 Å². The van der Waals surface area contributed by atoms with Crippen molar-refractivity contribution < 1.29 is 4.79 Å². The molecule has 2 aliphatic rings. The van der Waals surface area contributed by atoms with Gasteiger partial charge in [0.1, 0.15) is 0 Å². The maximum absolute atomic E-state index is 12.8. The zero-order valence-corrected chi connectivity index (χ0v) is 18.4. The van der Waals surface area contributed by atoms with E-state index in [-0.39, 0.29) is 12.1 Å². The van der Waals surface area contributed by atoms with Gasteiger partial charge in [-0.2, -0.15) is 0 Å². The highest BCUT2D eigenvalue weighted by Gasteiger charge is 2.29. The summed E-state index contributed by atoms with van der Waals surface area (Å²) in [7, 11) is 0. The van der Waals surface area contributed by atoms with E-state index in [0.29, 0.717) is 6.04 Å². The summed E-state index contributed by atoms with van der Waals surface area (Å²) in [5.74, 6) is 0. The third-order valence-electron chi connectivity index (χ3n) is 6.74. The maximum atomic E-state index is 12.8. The van der Waals surface area contributed by atoms with E-state index >= 15 is 0 Å². The molecule has 0 unspecified atom stereocenters. The van der Waals surface area contributed by atoms with E-state index in [1.807, 2.05) is 4.90 Å². The lowest BCUT2D eigenvalue weighted by molar-refractivity contribution is 0.117. The molecule has 0 aromatic heterocycles. The highest BCUT2D eigenvalue weighted by atomic mass is 16.2. The minimum absolute atomic E-state index is 0.129. The molecule has 0 spiro atoms. The van der Waals surface area contributed by atoms with E-state index < -0.39 is 0 Å². The lowest BCUT2D eigenvalue weighted by Gasteiger charge is -2.40. The number of nitrogens with zero attached hydrogens (tertiary/aromatic N) is 2. The Morgan fingerprint density at radius 1 is 0.933 bits per heavy atom. The Balaban J connectivity index is 1.47. The summed E-state index contributed by atoms with van der Waals surface area (Å²) in [5, 5.41) is 3.28. The largest absolute Gasteiger partial charge is 0.335 e. The van der Waals surface area contributed by atoms with Crippen LogP contribution in [0.4, 0.5) is 4.79 Å². The second kappa shape index (κ2) is 9.65. The molecule has 1 aliphatic carbocycles. The second-order valence-electron chi connectivity index (χ2n) is 8.98. The fourth-order valence-corrected chi connectivity index (χ4v) is 4.97. The Morgan fingerprint density at radius 2 is 1.63 bits per heavy atom. The average molecular weight is 406 g/mol. The van der Waals surface area contributed by atoms with Crippen molar-refractivity contribution >= 4 is 6.03 Å². The first-order valence-electron chi connectivity index (χ1n) is 11.5. The van der Waals surface area contributed by atoms with Gasteiger partial charge >= 0.3 is 6.03 Å². The van der Waals surface area contributed by atoms with E-state index in [9.17, 15) is 4.79 Å². The first-order valence-corrected chi connectivity index (χ1v) is 11.5. The molecule has 1 heterocycles. The van der Waals surface area contributed by atoms with Crippen LogP contribution in [0.3, 0.4) is 0 Å². The van der Waals surface area contributed by atoms with Gasteiger partial charge in [-0.3, -0.25) is 4.90 Å². The molecular weight excluding hydrogens is 370 g/mol. The molecule has 1 saturated heterocycles. The van der Waals surface area contributed by atoms with Crippen molar-refractivity contribution in [3.8, 4) is 0 Å². The van der Waals surface area contributed by atoms with Crippen LogP contribution >= 0.6 is 0 Å². The van der Waals surface area contributed by atoms with E-state index in [1.54, 1.807) is 0 Å². The number of rotatable bonds is 4. The first-order chi connectivity index (χ1) is 14.6.